The maximum atomic E-state index is 13.1. The third-order valence-corrected chi connectivity index (χ3v) is 5.00. The lowest BCUT2D eigenvalue weighted by atomic mass is 10.3. The maximum Gasteiger partial charge on any atom is 0.288 e. The van der Waals surface area contributed by atoms with Gasteiger partial charge < -0.3 is 5.32 Å². The van der Waals surface area contributed by atoms with Crippen molar-refractivity contribution >= 4 is 40.6 Å². The molecule has 9 heteroatoms. The second-order valence-corrected chi connectivity index (χ2v) is 7.07. The van der Waals surface area contributed by atoms with Crippen molar-refractivity contribution in [1.82, 2.24) is 10.2 Å². The van der Waals surface area contributed by atoms with Crippen LogP contribution in [-0.4, -0.2) is 46.0 Å². The van der Waals surface area contributed by atoms with Crippen LogP contribution in [0.3, 0.4) is 0 Å². The molecule has 1 N–H and O–H groups in total. The minimum Gasteiger partial charge on any atom is -0.353 e. The van der Waals surface area contributed by atoms with Gasteiger partial charge in [0.2, 0.25) is 11.8 Å². The number of hydrogen-bond donors (Lipinski definition) is 1. The van der Waals surface area contributed by atoms with Gasteiger partial charge in [-0.2, -0.15) is 0 Å². The number of carbonyl (C=O) groups excluding carboxylic acids is 3. The first-order valence-corrected chi connectivity index (χ1v) is 8.61. The van der Waals surface area contributed by atoms with E-state index in [1.807, 2.05) is 0 Å². The van der Waals surface area contributed by atoms with Gasteiger partial charge in [-0.05, 0) is 25.1 Å². The molecule has 0 saturated carbocycles. The normalized spacial score (nSPS) is 15.9. The summed E-state index contributed by atoms with van der Waals surface area (Å²) < 4.78 is 26.0. The van der Waals surface area contributed by atoms with Crippen molar-refractivity contribution in [3.05, 3.63) is 29.8 Å². The fourth-order valence-corrected chi connectivity index (χ4v) is 3.51. The highest BCUT2D eigenvalue weighted by atomic mass is 32.2. The van der Waals surface area contributed by atoms with E-state index >= 15 is 0 Å². The van der Waals surface area contributed by atoms with Crippen LogP contribution in [0, 0.1) is 11.6 Å². The molecule has 5 nitrogen and oxygen atoms in total. The van der Waals surface area contributed by atoms with E-state index in [-0.39, 0.29) is 35.9 Å². The minimum atomic E-state index is -0.967. The Labute approximate surface area is 140 Å². The van der Waals surface area contributed by atoms with Crippen LogP contribution in [0.4, 0.5) is 13.6 Å². The molecule has 1 saturated heterocycles. The molecule has 1 heterocycles. The van der Waals surface area contributed by atoms with Crippen molar-refractivity contribution < 1.29 is 23.2 Å². The lowest BCUT2D eigenvalue weighted by Gasteiger charge is -2.15. The predicted molar refractivity (Wildman–Crippen MR) is 84.3 cm³/mol. The summed E-state index contributed by atoms with van der Waals surface area (Å²) in [6.07, 6.45) is 0. The van der Waals surface area contributed by atoms with E-state index in [9.17, 15) is 23.2 Å². The Bertz CT molecular complexity index is 626. The van der Waals surface area contributed by atoms with Crippen LogP contribution in [0.15, 0.2) is 23.1 Å². The van der Waals surface area contributed by atoms with Gasteiger partial charge in [0.1, 0.15) is 0 Å². The van der Waals surface area contributed by atoms with Crippen molar-refractivity contribution in [1.29, 1.82) is 0 Å². The van der Waals surface area contributed by atoms with E-state index in [1.165, 1.54) is 6.07 Å². The highest BCUT2D eigenvalue weighted by Crippen LogP contribution is 2.25. The first-order chi connectivity index (χ1) is 10.9. The number of carbonyl (C=O) groups is 3. The Morgan fingerprint density at radius 2 is 2.13 bits per heavy atom. The number of benzene rings is 1. The van der Waals surface area contributed by atoms with E-state index in [1.54, 1.807) is 6.92 Å². The van der Waals surface area contributed by atoms with E-state index in [4.69, 9.17) is 0 Å². The number of hydrogen-bond acceptors (Lipinski definition) is 5. The standard InChI is InChI=1S/C14H14F2N2O3S2/c1-8(23-9-2-3-10(15)11(16)6-9)13(20)17-4-5-18-12(19)7-22-14(18)21/h2-3,6,8H,4-5,7H2,1H3,(H,17,20)/t8-/m1/s1. The van der Waals surface area contributed by atoms with E-state index in [2.05, 4.69) is 5.32 Å². The monoisotopic (exact) mass is 360 g/mol. The fourth-order valence-electron chi connectivity index (χ4n) is 1.84. The summed E-state index contributed by atoms with van der Waals surface area (Å²) in [5.74, 6) is -2.35. The zero-order chi connectivity index (χ0) is 17.0. The molecule has 1 aliphatic rings. The molecule has 124 valence electrons. The molecular weight excluding hydrogens is 346 g/mol. The van der Waals surface area contributed by atoms with Crippen LogP contribution in [0.25, 0.3) is 0 Å². The molecule has 1 atom stereocenters. The number of thioether (sulfide) groups is 2. The Balaban J connectivity index is 1.79. The van der Waals surface area contributed by atoms with Crippen LogP contribution in [0.2, 0.25) is 0 Å². The Hall–Kier alpha value is -1.61. The van der Waals surface area contributed by atoms with Crippen LogP contribution in [0.5, 0.6) is 0 Å². The largest absolute Gasteiger partial charge is 0.353 e. The van der Waals surface area contributed by atoms with Crippen molar-refractivity contribution in [2.45, 2.75) is 17.1 Å². The average Bonchev–Trinajstić information content (AvgIpc) is 2.82. The van der Waals surface area contributed by atoms with Gasteiger partial charge in [-0.1, -0.05) is 11.8 Å². The Morgan fingerprint density at radius 3 is 2.74 bits per heavy atom. The van der Waals surface area contributed by atoms with Gasteiger partial charge >= 0.3 is 0 Å². The Morgan fingerprint density at radius 1 is 1.39 bits per heavy atom. The summed E-state index contributed by atoms with van der Waals surface area (Å²) in [6.45, 7) is 1.90. The van der Waals surface area contributed by atoms with E-state index in [0.29, 0.717) is 4.90 Å². The smallest absolute Gasteiger partial charge is 0.288 e. The molecule has 1 aliphatic heterocycles. The molecule has 1 aromatic rings. The third-order valence-electron chi connectivity index (χ3n) is 3.05. The summed E-state index contributed by atoms with van der Waals surface area (Å²) in [5, 5.41) is 1.77. The van der Waals surface area contributed by atoms with Crippen LogP contribution in [-0.2, 0) is 9.59 Å². The molecule has 3 amide bonds. The molecule has 0 spiro atoms. The molecule has 1 aromatic carbocycles. The van der Waals surface area contributed by atoms with Gasteiger partial charge in [0.05, 0.1) is 11.0 Å². The molecule has 0 radical (unpaired) electrons. The number of rotatable bonds is 6. The quantitative estimate of drug-likeness (QED) is 0.789. The Kier molecular flexibility index (Phi) is 6.00. The van der Waals surface area contributed by atoms with Crippen molar-refractivity contribution in [2.75, 3.05) is 18.8 Å². The van der Waals surface area contributed by atoms with Crippen molar-refractivity contribution in [3.8, 4) is 0 Å². The first-order valence-electron chi connectivity index (χ1n) is 6.75. The average molecular weight is 360 g/mol. The minimum absolute atomic E-state index is 0.124. The SMILES string of the molecule is C[C@@H](Sc1ccc(F)c(F)c1)C(=O)NCCN1C(=O)CSC1=O. The number of amides is 3. The van der Waals surface area contributed by atoms with Gasteiger partial charge in [-0.15, -0.1) is 11.8 Å². The topological polar surface area (TPSA) is 66.5 Å². The molecule has 0 aromatic heterocycles. The second-order valence-electron chi connectivity index (χ2n) is 4.73. The third kappa shape index (κ3) is 4.68. The van der Waals surface area contributed by atoms with Gasteiger partial charge in [-0.25, -0.2) is 8.78 Å². The molecule has 1 fully saturated rings. The summed E-state index contributed by atoms with van der Waals surface area (Å²) in [6, 6.07) is 3.43. The zero-order valence-corrected chi connectivity index (χ0v) is 13.8. The molecule has 0 bridgehead atoms. The first kappa shape index (κ1) is 17.7. The van der Waals surface area contributed by atoms with E-state index < -0.39 is 16.9 Å². The number of imide groups is 1. The van der Waals surface area contributed by atoms with Crippen LogP contribution < -0.4 is 5.32 Å². The molecular formula is C14H14F2N2O3S2. The van der Waals surface area contributed by atoms with E-state index in [0.717, 1.165) is 40.6 Å². The van der Waals surface area contributed by atoms with Crippen molar-refractivity contribution in [3.63, 3.8) is 0 Å². The second kappa shape index (κ2) is 7.78. The van der Waals surface area contributed by atoms with Crippen molar-refractivity contribution in [2.24, 2.45) is 0 Å². The molecule has 0 aliphatic carbocycles. The highest BCUT2D eigenvalue weighted by molar-refractivity contribution is 8.14. The molecule has 2 rings (SSSR count). The summed E-state index contributed by atoms with van der Waals surface area (Å²) in [4.78, 5) is 36.3. The number of nitrogens with zero attached hydrogens (tertiary/aromatic N) is 1. The number of nitrogens with one attached hydrogen (secondary N) is 1. The highest BCUT2D eigenvalue weighted by Gasteiger charge is 2.29. The lowest BCUT2D eigenvalue weighted by Crippen LogP contribution is -2.39. The lowest BCUT2D eigenvalue weighted by molar-refractivity contribution is -0.125. The van der Waals surface area contributed by atoms with Crippen LogP contribution in [0.1, 0.15) is 6.92 Å². The predicted octanol–water partition coefficient (Wildman–Crippen LogP) is 2.26. The van der Waals surface area contributed by atoms with Gasteiger partial charge in [-0.3, -0.25) is 19.3 Å². The summed E-state index contributed by atoms with van der Waals surface area (Å²) in [5.41, 5.74) is 0. The molecule has 23 heavy (non-hydrogen) atoms. The summed E-state index contributed by atoms with van der Waals surface area (Å²) in [7, 11) is 0. The fraction of sp³-hybridized carbons (Fsp3) is 0.357. The zero-order valence-electron chi connectivity index (χ0n) is 12.2. The maximum absolute atomic E-state index is 13.1. The van der Waals surface area contributed by atoms with Gasteiger partial charge in [0.15, 0.2) is 11.6 Å². The van der Waals surface area contributed by atoms with Gasteiger partial charge in [0.25, 0.3) is 5.24 Å². The van der Waals surface area contributed by atoms with Gasteiger partial charge in [0, 0.05) is 18.0 Å². The summed E-state index contributed by atoms with van der Waals surface area (Å²) >= 11 is 2.03. The van der Waals surface area contributed by atoms with Crippen LogP contribution >= 0.6 is 23.5 Å². The molecule has 0 unspecified atom stereocenters. The number of halogens is 2.